The molecule has 5 rings (SSSR count). The molecule has 6 heteroatoms. The van der Waals surface area contributed by atoms with Gasteiger partial charge in [0.25, 0.3) is 0 Å². The molecule has 0 saturated carbocycles. The maximum Gasteiger partial charge on any atom is 0.246 e. The average Bonchev–Trinajstić information content (AvgIpc) is 2.95. The molecule has 194 valence electrons. The fourth-order valence-electron chi connectivity index (χ4n) is 5.16. The van der Waals surface area contributed by atoms with Gasteiger partial charge >= 0.3 is 0 Å². The van der Waals surface area contributed by atoms with Crippen LogP contribution >= 0.6 is 12.2 Å². The van der Waals surface area contributed by atoms with Gasteiger partial charge in [-0.3, -0.25) is 24.2 Å². The van der Waals surface area contributed by atoms with E-state index >= 15 is 0 Å². The first kappa shape index (κ1) is 26.2. The van der Waals surface area contributed by atoms with E-state index in [1.807, 2.05) is 98.8 Å². The van der Waals surface area contributed by atoms with Crippen LogP contribution in [0.25, 0.3) is 0 Å². The number of hydrogen-bond donors (Lipinski definition) is 0. The van der Waals surface area contributed by atoms with Crippen LogP contribution < -0.4 is 9.80 Å². The van der Waals surface area contributed by atoms with E-state index in [0.29, 0.717) is 16.9 Å². The number of ketones is 1. The molecule has 1 atom stereocenters. The lowest BCUT2D eigenvalue weighted by Gasteiger charge is -2.42. The van der Waals surface area contributed by atoms with Crippen LogP contribution in [0.1, 0.15) is 39.4 Å². The highest BCUT2D eigenvalue weighted by Crippen LogP contribution is 2.39. The lowest BCUT2D eigenvalue weighted by Crippen LogP contribution is -2.62. The highest BCUT2D eigenvalue weighted by atomic mass is 32.1. The number of para-hydroxylation sites is 2. The molecule has 1 heterocycles. The molecule has 1 aliphatic heterocycles. The van der Waals surface area contributed by atoms with E-state index in [9.17, 15) is 14.4 Å². The first-order valence-corrected chi connectivity index (χ1v) is 13.3. The van der Waals surface area contributed by atoms with E-state index in [1.54, 1.807) is 24.3 Å². The molecule has 1 saturated heterocycles. The van der Waals surface area contributed by atoms with Crippen molar-refractivity contribution >= 4 is 46.3 Å². The topological polar surface area (TPSA) is 57.7 Å². The van der Waals surface area contributed by atoms with Crippen molar-refractivity contribution < 1.29 is 14.4 Å². The second kappa shape index (κ2) is 11.1. The molecule has 0 aliphatic carbocycles. The summed E-state index contributed by atoms with van der Waals surface area (Å²) in [6.07, 6.45) is -0.00778. The Hall–Kier alpha value is -4.42. The molecule has 0 radical (unpaired) electrons. The van der Waals surface area contributed by atoms with Crippen LogP contribution in [-0.2, 0) is 9.59 Å². The average molecular weight is 533 g/mol. The first-order chi connectivity index (χ1) is 18.9. The number of rotatable bonds is 7. The Morgan fingerprint density at radius 1 is 0.692 bits per heavy atom. The highest BCUT2D eigenvalue weighted by molar-refractivity contribution is 7.81. The minimum Gasteiger partial charge on any atom is -0.294 e. The maximum atomic E-state index is 14.4. The minimum absolute atomic E-state index is 0.00778. The van der Waals surface area contributed by atoms with Gasteiger partial charge in [0, 0.05) is 17.9 Å². The van der Waals surface area contributed by atoms with Gasteiger partial charge in [-0.05, 0) is 54.9 Å². The Morgan fingerprint density at radius 2 is 1.13 bits per heavy atom. The number of nitrogens with zero attached hydrogens (tertiary/aromatic N) is 2. The summed E-state index contributed by atoms with van der Waals surface area (Å²) < 4.78 is 0. The minimum atomic E-state index is -1.16. The fraction of sp³-hybridized carbons (Fsp3) is 0.152. The molecule has 0 unspecified atom stereocenters. The van der Waals surface area contributed by atoms with Crippen molar-refractivity contribution in [2.24, 2.45) is 5.92 Å². The van der Waals surface area contributed by atoms with Crippen molar-refractivity contribution in [1.82, 2.24) is 0 Å². The molecular weight excluding hydrogens is 504 g/mol. The molecule has 39 heavy (non-hydrogen) atoms. The van der Waals surface area contributed by atoms with Crippen molar-refractivity contribution in [1.29, 1.82) is 0 Å². The second-order valence-electron chi connectivity index (χ2n) is 9.69. The van der Waals surface area contributed by atoms with E-state index in [4.69, 9.17) is 12.2 Å². The van der Waals surface area contributed by atoms with Crippen LogP contribution in [0.4, 0.5) is 11.4 Å². The number of carbonyl (C=O) groups is 3. The molecule has 5 nitrogen and oxygen atoms in total. The van der Waals surface area contributed by atoms with Crippen molar-refractivity contribution in [3.8, 4) is 0 Å². The number of anilines is 2. The smallest absolute Gasteiger partial charge is 0.246 e. The van der Waals surface area contributed by atoms with Crippen LogP contribution in [-0.4, -0.2) is 22.7 Å². The molecule has 1 fully saturated rings. The van der Waals surface area contributed by atoms with E-state index in [1.165, 1.54) is 9.80 Å². The molecular formula is C33H28N2O3S. The van der Waals surface area contributed by atoms with Gasteiger partial charge in [-0.15, -0.1) is 0 Å². The number of amides is 2. The monoisotopic (exact) mass is 532 g/mol. The van der Waals surface area contributed by atoms with Gasteiger partial charge < -0.3 is 0 Å². The zero-order chi connectivity index (χ0) is 27.5. The van der Waals surface area contributed by atoms with E-state index in [-0.39, 0.29) is 17.3 Å². The second-order valence-corrected chi connectivity index (χ2v) is 10.1. The quantitative estimate of drug-likeness (QED) is 0.152. The summed E-state index contributed by atoms with van der Waals surface area (Å²) in [6.45, 7) is 3.81. The van der Waals surface area contributed by atoms with E-state index in [0.717, 1.165) is 16.7 Å². The molecule has 0 N–H and O–H groups in total. The largest absolute Gasteiger partial charge is 0.294 e. The highest BCUT2D eigenvalue weighted by Gasteiger charge is 2.49. The van der Waals surface area contributed by atoms with Gasteiger partial charge in [0.15, 0.2) is 10.9 Å². The lowest BCUT2D eigenvalue weighted by atomic mass is 9.78. The zero-order valence-electron chi connectivity index (χ0n) is 21.8. The summed E-state index contributed by atoms with van der Waals surface area (Å²) in [6, 6.07) is 33.2. The Labute approximate surface area is 233 Å². The van der Waals surface area contributed by atoms with Gasteiger partial charge in [-0.1, -0.05) is 97.1 Å². The SMILES string of the molecule is Cc1ccccc1N1C(=O)C([C@H](CC(=O)c2ccccc2)c2ccccc2)C(=O)N(c2ccccc2C)C1=S. The standard InChI is InChI=1S/C33H28N2O3S/c1-22-13-9-11-19-27(22)34-31(37)30(32(38)35(33(34)39)28-20-12-10-14-23(28)2)26(24-15-5-3-6-16-24)21-29(36)25-17-7-4-8-18-25/h3-20,26,30H,21H2,1-2H3/t26-/m1/s1. The van der Waals surface area contributed by atoms with E-state index < -0.39 is 23.7 Å². The molecule has 2 amide bonds. The molecule has 4 aromatic carbocycles. The van der Waals surface area contributed by atoms with Crippen molar-refractivity contribution in [3.63, 3.8) is 0 Å². The fourth-order valence-corrected chi connectivity index (χ4v) is 5.54. The Kier molecular flexibility index (Phi) is 7.48. The van der Waals surface area contributed by atoms with Gasteiger partial charge in [0.2, 0.25) is 11.8 Å². The summed E-state index contributed by atoms with van der Waals surface area (Å²) in [5.74, 6) is -2.85. The summed E-state index contributed by atoms with van der Waals surface area (Å²) in [7, 11) is 0. The summed E-state index contributed by atoms with van der Waals surface area (Å²) in [5, 5.41) is 0.103. The van der Waals surface area contributed by atoms with Crippen molar-refractivity contribution in [3.05, 3.63) is 131 Å². The lowest BCUT2D eigenvalue weighted by molar-refractivity contribution is -0.133. The van der Waals surface area contributed by atoms with Crippen molar-refractivity contribution in [2.75, 3.05) is 9.80 Å². The van der Waals surface area contributed by atoms with Gasteiger partial charge in [-0.25, -0.2) is 0 Å². The number of Topliss-reactive ketones (excluding diaryl/α,β-unsaturated/α-hetero) is 1. The normalized spacial score (nSPS) is 15.0. The third-order valence-electron chi connectivity index (χ3n) is 7.20. The Balaban J connectivity index is 1.67. The first-order valence-electron chi connectivity index (χ1n) is 12.8. The third-order valence-corrected chi connectivity index (χ3v) is 7.56. The van der Waals surface area contributed by atoms with Crippen LogP contribution in [0.5, 0.6) is 0 Å². The van der Waals surface area contributed by atoms with Crippen LogP contribution in [0.2, 0.25) is 0 Å². The molecule has 0 aromatic heterocycles. The number of thiocarbonyl (C=S) groups is 1. The van der Waals surface area contributed by atoms with Crippen LogP contribution in [0, 0.1) is 19.8 Å². The van der Waals surface area contributed by atoms with Gasteiger partial charge in [-0.2, -0.15) is 0 Å². The zero-order valence-corrected chi connectivity index (χ0v) is 22.6. The Bertz CT molecular complexity index is 1480. The number of carbonyl (C=O) groups excluding carboxylic acids is 3. The van der Waals surface area contributed by atoms with Crippen LogP contribution in [0.3, 0.4) is 0 Å². The predicted molar refractivity (Wildman–Crippen MR) is 158 cm³/mol. The van der Waals surface area contributed by atoms with Gasteiger partial charge in [0.05, 0.1) is 11.4 Å². The molecule has 0 bridgehead atoms. The maximum absolute atomic E-state index is 14.4. The predicted octanol–water partition coefficient (Wildman–Crippen LogP) is 6.64. The van der Waals surface area contributed by atoms with Crippen LogP contribution in [0.15, 0.2) is 109 Å². The summed E-state index contributed by atoms with van der Waals surface area (Å²) in [4.78, 5) is 45.2. The summed E-state index contributed by atoms with van der Waals surface area (Å²) in [5.41, 5.74) is 4.21. The van der Waals surface area contributed by atoms with Gasteiger partial charge in [0.1, 0.15) is 5.92 Å². The van der Waals surface area contributed by atoms with Crippen molar-refractivity contribution in [2.45, 2.75) is 26.2 Å². The molecule has 4 aromatic rings. The number of hydrogen-bond acceptors (Lipinski definition) is 4. The Morgan fingerprint density at radius 3 is 1.62 bits per heavy atom. The number of aryl methyl sites for hydroxylation is 2. The number of benzene rings is 4. The van der Waals surface area contributed by atoms with E-state index in [2.05, 4.69) is 0 Å². The molecule has 0 spiro atoms. The third kappa shape index (κ3) is 5.03. The summed E-state index contributed by atoms with van der Waals surface area (Å²) >= 11 is 5.85. The molecule has 1 aliphatic rings.